The van der Waals surface area contributed by atoms with Crippen LogP contribution in [0.25, 0.3) is 17.4 Å². The van der Waals surface area contributed by atoms with Crippen LogP contribution in [0.4, 0.5) is 13.2 Å². The molecular formula is C24H21F3N2O3. The second-order valence-electron chi connectivity index (χ2n) is 7.29. The molecule has 1 aromatic heterocycles. The van der Waals surface area contributed by atoms with Crippen LogP contribution in [0.3, 0.4) is 0 Å². The van der Waals surface area contributed by atoms with Gasteiger partial charge in [0.2, 0.25) is 0 Å². The average Bonchev–Trinajstić information content (AvgIpc) is 3.21. The summed E-state index contributed by atoms with van der Waals surface area (Å²) >= 11 is 0. The minimum absolute atomic E-state index is 0.0579. The van der Waals surface area contributed by atoms with Gasteiger partial charge in [0.1, 0.15) is 17.2 Å². The number of amides is 2. The van der Waals surface area contributed by atoms with E-state index in [0.29, 0.717) is 5.56 Å². The number of nitrogens with one attached hydrogen (secondary N) is 2. The molecule has 5 nitrogen and oxygen atoms in total. The molecule has 3 rings (SSSR count). The second-order valence-corrected chi connectivity index (χ2v) is 7.29. The normalized spacial score (nSPS) is 12.0. The molecule has 0 aliphatic heterocycles. The SMILES string of the molecule is CC(C)NC(=O)/C(=C/c1ccc(-c2cccc(C(F)(F)F)c2)o1)NC(=O)c1ccccc1. The highest BCUT2D eigenvalue weighted by Crippen LogP contribution is 2.32. The summed E-state index contributed by atoms with van der Waals surface area (Å²) in [5.74, 6) is -0.623. The molecule has 0 aliphatic rings. The number of alkyl halides is 3. The molecule has 0 aliphatic carbocycles. The standard InChI is InChI=1S/C24H21F3N2O3/c1-15(2)28-23(31)20(29-22(30)16-7-4-3-5-8-16)14-19-11-12-21(32-19)17-9-6-10-18(13-17)24(25,26)27/h3-15H,1-2H3,(H,28,31)(H,29,30)/b20-14-. The van der Waals surface area contributed by atoms with Gasteiger partial charge in [0.05, 0.1) is 5.56 Å². The predicted octanol–water partition coefficient (Wildman–Crippen LogP) is 5.26. The van der Waals surface area contributed by atoms with Crippen LogP contribution in [0.1, 0.15) is 35.5 Å². The van der Waals surface area contributed by atoms with Gasteiger partial charge in [0.25, 0.3) is 11.8 Å². The summed E-state index contributed by atoms with van der Waals surface area (Å²) in [6.45, 7) is 3.54. The van der Waals surface area contributed by atoms with Crippen LogP contribution in [0.15, 0.2) is 76.8 Å². The van der Waals surface area contributed by atoms with Crippen molar-refractivity contribution in [1.29, 1.82) is 0 Å². The Hall–Kier alpha value is -3.81. The van der Waals surface area contributed by atoms with Crippen LogP contribution in [0, 0.1) is 0 Å². The molecular weight excluding hydrogens is 421 g/mol. The minimum atomic E-state index is -4.48. The summed E-state index contributed by atoms with van der Waals surface area (Å²) in [5.41, 5.74) is -0.256. The van der Waals surface area contributed by atoms with Crippen molar-refractivity contribution in [3.05, 3.63) is 89.3 Å². The third kappa shape index (κ3) is 5.87. The van der Waals surface area contributed by atoms with Crippen molar-refractivity contribution in [2.75, 3.05) is 0 Å². The zero-order valence-corrected chi connectivity index (χ0v) is 17.4. The Kier molecular flexibility index (Phi) is 6.82. The van der Waals surface area contributed by atoms with Gasteiger partial charge in [-0.3, -0.25) is 9.59 Å². The fourth-order valence-electron chi connectivity index (χ4n) is 2.86. The quantitative estimate of drug-likeness (QED) is 0.512. The van der Waals surface area contributed by atoms with E-state index in [9.17, 15) is 22.8 Å². The highest BCUT2D eigenvalue weighted by Gasteiger charge is 2.30. The van der Waals surface area contributed by atoms with Gasteiger partial charge in [0, 0.05) is 23.2 Å². The van der Waals surface area contributed by atoms with Crippen molar-refractivity contribution in [3.63, 3.8) is 0 Å². The molecule has 2 amide bonds. The maximum atomic E-state index is 13.0. The topological polar surface area (TPSA) is 71.3 Å². The number of carbonyl (C=O) groups excluding carboxylic acids is 2. The number of halogens is 3. The van der Waals surface area contributed by atoms with E-state index < -0.39 is 23.6 Å². The third-order valence-corrected chi connectivity index (χ3v) is 4.34. The van der Waals surface area contributed by atoms with E-state index in [1.807, 2.05) is 0 Å². The fraction of sp³-hybridized carbons (Fsp3) is 0.167. The van der Waals surface area contributed by atoms with Crippen molar-refractivity contribution in [2.45, 2.75) is 26.1 Å². The minimum Gasteiger partial charge on any atom is -0.457 e. The summed E-state index contributed by atoms with van der Waals surface area (Å²) in [7, 11) is 0. The number of hydrogen-bond donors (Lipinski definition) is 2. The lowest BCUT2D eigenvalue weighted by atomic mass is 10.1. The largest absolute Gasteiger partial charge is 0.457 e. The van der Waals surface area contributed by atoms with Crippen molar-refractivity contribution in [3.8, 4) is 11.3 Å². The van der Waals surface area contributed by atoms with Gasteiger partial charge in [0.15, 0.2) is 0 Å². The molecule has 1 heterocycles. The summed E-state index contributed by atoms with van der Waals surface area (Å²) in [6.07, 6.45) is -3.15. The van der Waals surface area contributed by atoms with Crippen LogP contribution in [-0.2, 0) is 11.0 Å². The number of rotatable bonds is 6. The fourth-order valence-corrected chi connectivity index (χ4v) is 2.86. The van der Waals surface area contributed by atoms with Crippen molar-refractivity contribution in [2.24, 2.45) is 0 Å². The van der Waals surface area contributed by atoms with E-state index >= 15 is 0 Å². The van der Waals surface area contributed by atoms with Crippen LogP contribution < -0.4 is 10.6 Å². The molecule has 0 unspecified atom stereocenters. The highest BCUT2D eigenvalue weighted by atomic mass is 19.4. The molecule has 0 fully saturated rings. The van der Waals surface area contributed by atoms with Crippen LogP contribution in [-0.4, -0.2) is 17.9 Å². The third-order valence-electron chi connectivity index (χ3n) is 4.34. The lowest BCUT2D eigenvalue weighted by Crippen LogP contribution is -2.38. The Bertz CT molecular complexity index is 1130. The second kappa shape index (κ2) is 9.55. The molecule has 0 radical (unpaired) electrons. The van der Waals surface area contributed by atoms with Crippen LogP contribution >= 0.6 is 0 Å². The molecule has 2 aromatic carbocycles. The van der Waals surface area contributed by atoms with E-state index in [2.05, 4.69) is 10.6 Å². The molecule has 3 aromatic rings. The van der Waals surface area contributed by atoms with Crippen molar-refractivity contribution < 1.29 is 27.2 Å². The van der Waals surface area contributed by atoms with E-state index in [4.69, 9.17) is 4.42 Å². The maximum Gasteiger partial charge on any atom is 0.416 e. The van der Waals surface area contributed by atoms with E-state index in [0.717, 1.165) is 12.1 Å². The summed E-state index contributed by atoms with van der Waals surface area (Å²) in [6, 6.07) is 15.9. The zero-order valence-electron chi connectivity index (χ0n) is 17.4. The lowest BCUT2D eigenvalue weighted by molar-refractivity contribution is -0.137. The smallest absolute Gasteiger partial charge is 0.416 e. The van der Waals surface area contributed by atoms with Gasteiger partial charge in [-0.1, -0.05) is 30.3 Å². The van der Waals surface area contributed by atoms with Crippen LogP contribution in [0.2, 0.25) is 0 Å². The summed E-state index contributed by atoms with van der Waals surface area (Å²) in [4.78, 5) is 25.1. The highest BCUT2D eigenvalue weighted by molar-refractivity contribution is 6.05. The predicted molar refractivity (Wildman–Crippen MR) is 114 cm³/mol. The first-order valence-electron chi connectivity index (χ1n) is 9.80. The van der Waals surface area contributed by atoms with Crippen molar-refractivity contribution in [1.82, 2.24) is 10.6 Å². The Morgan fingerprint density at radius 1 is 0.969 bits per heavy atom. The molecule has 166 valence electrons. The lowest BCUT2D eigenvalue weighted by Gasteiger charge is -2.12. The first kappa shape index (κ1) is 22.9. The van der Waals surface area contributed by atoms with E-state index in [1.54, 1.807) is 44.2 Å². The maximum absolute atomic E-state index is 13.0. The molecule has 2 N–H and O–H groups in total. The Morgan fingerprint density at radius 2 is 1.69 bits per heavy atom. The molecule has 0 bridgehead atoms. The summed E-state index contributed by atoms with van der Waals surface area (Å²) in [5, 5.41) is 5.26. The van der Waals surface area contributed by atoms with Gasteiger partial charge < -0.3 is 15.1 Å². The average molecular weight is 442 g/mol. The molecule has 0 atom stereocenters. The number of furan rings is 1. The number of carbonyl (C=O) groups is 2. The summed E-state index contributed by atoms with van der Waals surface area (Å²) < 4.78 is 44.6. The molecule has 0 saturated carbocycles. The Balaban J connectivity index is 1.90. The molecule has 0 spiro atoms. The van der Waals surface area contributed by atoms with Gasteiger partial charge in [-0.2, -0.15) is 13.2 Å². The molecule has 8 heteroatoms. The molecule has 32 heavy (non-hydrogen) atoms. The van der Waals surface area contributed by atoms with Gasteiger partial charge in [-0.15, -0.1) is 0 Å². The Morgan fingerprint density at radius 3 is 2.34 bits per heavy atom. The Labute approximate surface area is 182 Å². The van der Waals surface area contributed by atoms with Crippen LogP contribution in [0.5, 0.6) is 0 Å². The van der Waals surface area contributed by atoms with Gasteiger partial charge in [-0.25, -0.2) is 0 Å². The number of hydrogen-bond acceptors (Lipinski definition) is 3. The molecule has 0 saturated heterocycles. The van der Waals surface area contributed by atoms with E-state index in [-0.39, 0.29) is 28.8 Å². The van der Waals surface area contributed by atoms with Crippen molar-refractivity contribution >= 4 is 17.9 Å². The zero-order chi connectivity index (χ0) is 23.3. The van der Waals surface area contributed by atoms with Gasteiger partial charge >= 0.3 is 6.18 Å². The van der Waals surface area contributed by atoms with Gasteiger partial charge in [-0.05, 0) is 50.2 Å². The monoisotopic (exact) mass is 442 g/mol. The first-order chi connectivity index (χ1) is 15.1. The number of benzene rings is 2. The van der Waals surface area contributed by atoms with E-state index in [1.165, 1.54) is 30.3 Å². The first-order valence-corrected chi connectivity index (χ1v) is 9.80.